The van der Waals surface area contributed by atoms with Crippen LogP contribution >= 0.6 is 0 Å². The van der Waals surface area contributed by atoms with E-state index in [4.69, 9.17) is 4.98 Å². The van der Waals surface area contributed by atoms with E-state index in [1.807, 2.05) is 23.1 Å². The van der Waals surface area contributed by atoms with Crippen molar-refractivity contribution in [2.45, 2.75) is 63.0 Å². The van der Waals surface area contributed by atoms with Crippen molar-refractivity contribution in [3.05, 3.63) is 53.7 Å². The molecule has 7 heteroatoms. The SMILES string of the molecule is O=C(CC1(O)CCCCC1)N1CCC(c2ccc3c(NCc4ccccc4)n[nH]c3n2)C1. The highest BCUT2D eigenvalue weighted by molar-refractivity contribution is 5.87. The largest absolute Gasteiger partial charge is 0.389 e. The van der Waals surface area contributed by atoms with Crippen LogP contribution in [0.1, 0.15) is 62.1 Å². The maximum atomic E-state index is 12.8. The number of pyridine rings is 1. The highest BCUT2D eigenvalue weighted by Gasteiger charge is 2.36. The van der Waals surface area contributed by atoms with Gasteiger partial charge in [-0.05, 0) is 37.0 Å². The number of carbonyl (C=O) groups is 1. The Kier molecular flexibility index (Phi) is 5.83. The lowest BCUT2D eigenvalue weighted by Gasteiger charge is -2.32. The smallest absolute Gasteiger partial charge is 0.225 e. The first kappa shape index (κ1) is 20.9. The lowest BCUT2D eigenvalue weighted by atomic mass is 9.82. The van der Waals surface area contributed by atoms with E-state index in [1.54, 1.807) is 0 Å². The summed E-state index contributed by atoms with van der Waals surface area (Å²) in [5.74, 6) is 1.09. The van der Waals surface area contributed by atoms with Gasteiger partial charge >= 0.3 is 0 Å². The standard InChI is InChI=1S/C25H31N5O2/c31-22(15-25(32)12-5-2-6-13-25)30-14-11-19(17-30)21-10-9-20-23(28-29-24(20)27-21)26-16-18-7-3-1-4-8-18/h1,3-4,7-10,19,32H,2,5-6,11-17H2,(H2,26,27,28,29). The molecule has 1 unspecified atom stereocenters. The number of rotatable bonds is 6. The number of aliphatic hydroxyl groups is 1. The molecule has 168 valence electrons. The lowest BCUT2D eigenvalue weighted by molar-refractivity contribution is -0.136. The van der Waals surface area contributed by atoms with E-state index in [1.165, 1.54) is 5.56 Å². The highest BCUT2D eigenvalue weighted by Crippen LogP contribution is 2.33. The second kappa shape index (κ2) is 8.90. The summed E-state index contributed by atoms with van der Waals surface area (Å²) in [5.41, 5.74) is 2.15. The van der Waals surface area contributed by atoms with Gasteiger partial charge in [0.2, 0.25) is 5.91 Å². The normalized spacial score (nSPS) is 20.5. The number of anilines is 1. The summed E-state index contributed by atoms with van der Waals surface area (Å²) in [4.78, 5) is 19.5. The molecule has 1 atom stereocenters. The average molecular weight is 434 g/mol. The molecule has 5 rings (SSSR count). The number of aromatic nitrogens is 3. The van der Waals surface area contributed by atoms with Gasteiger partial charge < -0.3 is 15.3 Å². The van der Waals surface area contributed by atoms with Crippen LogP contribution in [-0.4, -0.2) is 49.8 Å². The van der Waals surface area contributed by atoms with Crippen LogP contribution < -0.4 is 5.32 Å². The fourth-order valence-electron chi connectivity index (χ4n) is 5.07. The Morgan fingerprint density at radius 2 is 1.97 bits per heavy atom. The fraction of sp³-hybridized carbons (Fsp3) is 0.480. The molecule has 7 nitrogen and oxygen atoms in total. The Bertz CT molecular complexity index is 1070. The molecule has 1 aromatic carbocycles. The second-order valence-electron chi connectivity index (χ2n) is 9.33. The topological polar surface area (TPSA) is 94.1 Å². The molecule has 32 heavy (non-hydrogen) atoms. The number of benzene rings is 1. The third-order valence-electron chi connectivity index (χ3n) is 6.97. The van der Waals surface area contributed by atoms with E-state index in [2.05, 4.69) is 39.8 Å². The van der Waals surface area contributed by atoms with Crippen molar-refractivity contribution in [1.29, 1.82) is 0 Å². The number of aromatic amines is 1. The van der Waals surface area contributed by atoms with E-state index < -0.39 is 5.60 Å². The zero-order chi connectivity index (χ0) is 22.0. The molecule has 2 aliphatic rings. The van der Waals surface area contributed by atoms with E-state index in [9.17, 15) is 9.90 Å². The van der Waals surface area contributed by atoms with Crippen LogP contribution in [0.4, 0.5) is 5.82 Å². The minimum absolute atomic E-state index is 0.0758. The Hall–Kier alpha value is -2.93. The number of amides is 1. The summed E-state index contributed by atoms with van der Waals surface area (Å²) in [6.07, 6.45) is 5.83. The van der Waals surface area contributed by atoms with Gasteiger partial charge in [0, 0.05) is 31.2 Å². The minimum atomic E-state index is -0.802. The molecule has 1 aliphatic heterocycles. The molecule has 3 N–H and O–H groups in total. The van der Waals surface area contributed by atoms with E-state index in [-0.39, 0.29) is 18.2 Å². The molecule has 1 amide bonds. The number of carbonyl (C=O) groups excluding carboxylic acids is 1. The van der Waals surface area contributed by atoms with Gasteiger partial charge in [0.25, 0.3) is 0 Å². The Balaban J connectivity index is 1.22. The molecule has 1 aliphatic carbocycles. The summed E-state index contributed by atoms with van der Waals surface area (Å²) >= 11 is 0. The van der Waals surface area contributed by atoms with Gasteiger partial charge in [-0.1, -0.05) is 49.6 Å². The van der Waals surface area contributed by atoms with Crippen molar-refractivity contribution < 1.29 is 9.90 Å². The number of nitrogens with one attached hydrogen (secondary N) is 2. The molecular weight excluding hydrogens is 402 g/mol. The van der Waals surface area contributed by atoms with E-state index in [0.717, 1.165) is 67.6 Å². The summed E-state index contributed by atoms with van der Waals surface area (Å²) in [6.45, 7) is 2.10. The molecular formula is C25H31N5O2. The summed E-state index contributed by atoms with van der Waals surface area (Å²) in [6, 6.07) is 14.3. The van der Waals surface area contributed by atoms with Crippen LogP contribution in [0.3, 0.4) is 0 Å². The van der Waals surface area contributed by atoms with Gasteiger partial charge in [-0.3, -0.25) is 9.89 Å². The van der Waals surface area contributed by atoms with Crippen molar-refractivity contribution in [2.75, 3.05) is 18.4 Å². The summed E-state index contributed by atoms with van der Waals surface area (Å²) in [5, 5.41) is 22.5. The van der Waals surface area contributed by atoms with Gasteiger partial charge in [-0.2, -0.15) is 5.10 Å². The maximum absolute atomic E-state index is 12.8. The Morgan fingerprint density at radius 1 is 1.16 bits per heavy atom. The van der Waals surface area contributed by atoms with Gasteiger partial charge in [0.05, 0.1) is 17.4 Å². The van der Waals surface area contributed by atoms with Crippen LogP contribution in [0, 0.1) is 0 Å². The zero-order valence-electron chi connectivity index (χ0n) is 18.4. The molecule has 1 saturated carbocycles. The molecule has 1 saturated heterocycles. The van der Waals surface area contributed by atoms with Gasteiger partial charge in [-0.25, -0.2) is 4.98 Å². The fourth-order valence-corrected chi connectivity index (χ4v) is 5.07. The van der Waals surface area contributed by atoms with E-state index in [0.29, 0.717) is 13.1 Å². The van der Waals surface area contributed by atoms with Crippen LogP contribution in [0.5, 0.6) is 0 Å². The van der Waals surface area contributed by atoms with Crippen molar-refractivity contribution in [3.8, 4) is 0 Å². The molecule has 0 spiro atoms. The van der Waals surface area contributed by atoms with Crippen LogP contribution in [-0.2, 0) is 11.3 Å². The van der Waals surface area contributed by atoms with Crippen molar-refractivity contribution in [3.63, 3.8) is 0 Å². The second-order valence-corrected chi connectivity index (χ2v) is 9.33. The predicted octanol–water partition coefficient (Wildman–Crippen LogP) is 3.97. The number of hydrogen-bond donors (Lipinski definition) is 3. The predicted molar refractivity (Wildman–Crippen MR) is 124 cm³/mol. The number of hydrogen-bond acceptors (Lipinski definition) is 5. The summed E-state index contributed by atoms with van der Waals surface area (Å²) in [7, 11) is 0. The number of fused-ring (bicyclic) bond motifs is 1. The average Bonchev–Trinajstić information content (AvgIpc) is 3.46. The van der Waals surface area contributed by atoms with Crippen molar-refractivity contribution in [1.82, 2.24) is 20.1 Å². The molecule has 3 aromatic rings. The molecule has 0 bridgehead atoms. The first-order valence-corrected chi connectivity index (χ1v) is 11.7. The number of H-pyrrole nitrogens is 1. The highest BCUT2D eigenvalue weighted by atomic mass is 16.3. The Labute approximate surface area is 188 Å². The molecule has 3 heterocycles. The third-order valence-corrected chi connectivity index (χ3v) is 6.97. The quantitative estimate of drug-likeness (QED) is 0.547. The molecule has 2 fully saturated rings. The van der Waals surface area contributed by atoms with Crippen LogP contribution in [0.2, 0.25) is 0 Å². The lowest BCUT2D eigenvalue weighted by Crippen LogP contribution is -2.39. The molecule has 2 aromatic heterocycles. The third kappa shape index (κ3) is 4.48. The number of nitrogens with zero attached hydrogens (tertiary/aromatic N) is 3. The van der Waals surface area contributed by atoms with Crippen molar-refractivity contribution >= 4 is 22.8 Å². The van der Waals surface area contributed by atoms with Crippen molar-refractivity contribution in [2.24, 2.45) is 0 Å². The van der Waals surface area contributed by atoms with Gasteiger partial charge in [0.15, 0.2) is 11.5 Å². The van der Waals surface area contributed by atoms with E-state index >= 15 is 0 Å². The first-order valence-electron chi connectivity index (χ1n) is 11.7. The van der Waals surface area contributed by atoms with Crippen LogP contribution in [0.15, 0.2) is 42.5 Å². The first-order chi connectivity index (χ1) is 15.6. The maximum Gasteiger partial charge on any atom is 0.225 e. The minimum Gasteiger partial charge on any atom is -0.389 e. The monoisotopic (exact) mass is 433 g/mol. The zero-order valence-corrected chi connectivity index (χ0v) is 18.4. The Morgan fingerprint density at radius 3 is 2.78 bits per heavy atom. The van der Waals surface area contributed by atoms with Crippen LogP contribution in [0.25, 0.3) is 11.0 Å². The van der Waals surface area contributed by atoms with Gasteiger partial charge in [0.1, 0.15) is 0 Å². The molecule has 0 radical (unpaired) electrons. The summed E-state index contributed by atoms with van der Waals surface area (Å²) < 4.78 is 0. The number of likely N-dealkylation sites (tertiary alicyclic amines) is 1. The van der Waals surface area contributed by atoms with Gasteiger partial charge in [-0.15, -0.1) is 0 Å².